The van der Waals surface area contributed by atoms with Crippen LogP contribution in [0.4, 0.5) is 19.3 Å². The monoisotopic (exact) mass is 559 g/mol. The van der Waals surface area contributed by atoms with Crippen LogP contribution in [-0.4, -0.2) is 45.1 Å². The van der Waals surface area contributed by atoms with E-state index >= 15 is 0 Å². The number of benzene rings is 3. The molecule has 188 valence electrons. The molecule has 3 aromatic carbocycles. The topological polar surface area (TPSA) is 92.5 Å². The van der Waals surface area contributed by atoms with E-state index in [2.05, 4.69) is 31.3 Å². The van der Waals surface area contributed by atoms with Gasteiger partial charge in [-0.05, 0) is 48.0 Å². The number of urea groups is 1. The molecule has 0 spiro atoms. The van der Waals surface area contributed by atoms with Crippen molar-refractivity contribution in [2.24, 2.45) is 0 Å². The van der Waals surface area contributed by atoms with Crippen molar-refractivity contribution in [3.05, 3.63) is 113 Å². The first-order valence-electron chi connectivity index (χ1n) is 10.6. The van der Waals surface area contributed by atoms with E-state index in [4.69, 9.17) is 4.84 Å². The van der Waals surface area contributed by atoms with Crippen LogP contribution in [0.2, 0.25) is 0 Å². The van der Waals surface area contributed by atoms with Gasteiger partial charge in [0.1, 0.15) is 29.9 Å². The summed E-state index contributed by atoms with van der Waals surface area (Å²) < 4.78 is 29.7. The number of aromatic nitrogens is 3. The van der Waals surface area contributed by atoms with Crippen molar-refractivity contribution in [2.75, 3.05) is 19.5 Å². The molecule has 0 aliphatic heterocycles. The van der Waals surface area contributed by atoms with Crippen LogP contribution in [0.25, 0.3) is 0 Å². The van der Waals surface area contributed by atoms with Gasteiger partial charge >= 0.3 is 6.03 Å². The predicted octanol–water partition coefficient (Wildman–Crippen LogP) is 4.97. The van der Waals surface area contributed by atoms with Gasteiger partial charge in [-0.2, -0.15) is 5.10 Å². The lowest BCUT2D eigenvalue weighted by Crippen LogP contribution is -2.34. The van der Waals surface area contributed by atoms with Crippen LogP contribution >= 0.6 is 15.9 Å². The molecule has 0 saturated carbocycles. The average Bonchev–Trinajstić information content (AvgIpc) is 3.38. The Kier molecular flexibility index (Phi) is 9.23. The van der Waals surface area contributed by atoms with Gasteiger partial charge < -0.3 is 10.4 Å². The molecular weight excluding hydrogens is 536 g/mol. The first-order valence-corrected chi connectivity index (χ1v) is 11.4. The largest absolute Gasteiger partial charge is 0.378 e. The third-order valence-corrected chi connectivity index (χ3v) is 5.68. The fraction of sp³-hybridized carbons (Fsp3) is 0.160. The van der Waals surface area contributed by atoms with Gasteiger partial charge in [0.15, 0.2) is 0 Å². The first kappa shape index (κ1) is 26.9. The van der Waals surface area contributed by atoms with Crippen molar-refractivity contribution in [1.82, 2.24) is 19.8 Å². The van der Waals surface area contributed by atoms with Gasteiger partial charge in [0.05, 0.1) is 13.7 Å². The minimum atomic E-state index is -1.69. The summed E-state index contributed by atoms with van der Waals surface area (Å²) in [6, 6.07) is 18.2. The number of halogens is 3. The smallest absolute Gasteiger partial charge is 0.345 e. The van der Waals surface area contributed by atoms with E-state index < -0.39 is 17.2 Å². The molecule has 2 N–H and O–H groups in total. The maximum absolute atomic E-state index is 14.2. The Balaban J connectivity index is 0.000000223. The van der Waals surface area contributed by atoms with E-state index in [0.29, 0.717) is 5.56 Å². The third kappa shape index (κ3) is 6.94. The molecule has 1 heterocycles. The zero-order valence-electron chi connectivity index (χ0n) is 19.5. The van der Waals surface area contributed by atoms with Crippen LogP contribution in [-0.2, 0) is 17.0 Å². The van der Waals surface area contributed by atoms with E-state index in [0.717, 1.165) is 15.2 Å². The molecular formula is C25H24BrF2N5O3. The molecule has 0 bridgehead atoms. The number of nitrogens with zero attached hydrogens (tertiary/aromatic N) is 4. The molecule has 36 heavy (non-hydrogen) atoms. The van der Waals surface area contributed by atoms with E-state index in [1.165, 1.54) is 67.9 Å². The number of amides is 2. The molecule has 4 rings (SSSR count). The van der Waals surface area contributed by atoms with Gasteiger partial charge in [0.2, 0.25) is 0 Å². The van der Waals surface area contributed by atoms with Crippen molar-refractivity contribution >= 4 is 27.6 Å². The maximum Gasteiger partial charge on any atom is 0.345 e. The minimum absolute atomic E-state index is 0.0421. The zero-order valence-corrected chi connectivity index (χ0v) is 21.1. The summed E-state index contributed by atoms with van der Waals surface area (Å²) in [6.45, 7) is -0.0421. The Labute approximate surface area is 215 Å². The van der Waals surface area contributed by atoms with Crippen LogP contribution in [0.15, 0.2) is 89.9 Å². The van der Waals surface area contributed by atoms with Gasteiger partial charge in [0.25, 0.3) is 0 Å². The van der Waals surface area contributed by atoms with E-state index in [9.17, 15) is 18.7 Å². The fourth-order valence-corrected chi connectivity index (χ4v) is 3.49. The highest BCUT2D eigenvalue weighted by Crippen LogP contribution is 2.33. The minimum Gasteiger partial charge on any atom is -0.378 e. The number of hydrogen-bond acceptors (Lipinski definition) is 5. The zero-order chi connectivity index (χ0) is 26.1. The van der Waals surface area contributed by atoms with Gasteiger partial charge in [-0.1, -0.05) is 46.3 Å². The molecule has 1 atom stereocenters. The maximum atomic E-state index is 14.2. The van der Waals surface area contributed by atoms with Crippen molar-refractivity contribution in [2.45, 2.75) is 12.1 Å². The summed E-state index contributed by atoms with van der Waals surface area (Å²) in [5.74, 6) is -0.977. The summed E-state index contributed by atoms with van der Waals surface area (Å²) in [5, 5.41) is 18.9. The molecule has 4 aromatic rings. The molecule has 0 fully saturated rings. The number of carbonyl (C=O) groups is 1. The van der Waals surface area contributed by atoms with Crippen LogP contribution in [0.5, 0.6) is 0 Å². The number of anilines is 1. The third-order valence-electron chi connectivity index (χ3n) is 5.15. The molecule has 0 saturated heterocycles. The predicted molar refractivity (Wildman–Crippen MR) is 134 cm³/mol. The van der Waals surface area contributed by atoms with Crippen molar-refractivity contribution in [3.8, 4) is 0 Å². The Morgan fingerprint density at radius 3 is 2.36 bits per heavy atom. The Hall–Kier alpha value is -3.67. The van der Waals surface area contributed by atoms with Crippen LogP contribution in [0, 0.1) is 11.6 Å². The van der Waals surface area contributed by atoms with Gasteiger partial charge in [-0.15, -0.1) is 0 Å². The number of rotatable bonds is 6. The molecule has 0 aliphatic carbocycles. The highest BCUT2D eigenvalue weighted by atomic mass is 79.9. The summed E-state index contributed by atoms with van der Waals surface area (Å²) >= 11 is 3.31. The molecule has 0 radical (unpaired) electrons. The summed E-state index contributed by atoms with van der Waals surface area (Å²) in [7, 11) is 2.97. The van der Waals surface area contributed by atoms with Crippen LogP contribution < -0.4 is 5.32 Å². The highest BCUT2D eigenvalue weighted by Gasteiger charge is 2.35. The van der Waals surface area contributed by atoms with Crippen LogP contribution in [0.3, 0.4) is 0 Å². The number of aliphatic hydroxyl groups is 1. The van der Waals surface area contributed by atoms with Crippen molar-refractivity contribution in [3.63, 3.8) is 0 Å². The standard InChI is InChI=1S/C16H13F2N3O.C9H11BrN2O2/c17-13-7-5-12(6-8-13)16(22,9-21-11-19-10-20-21)14-3-1-2-4-15(14)18;1-12(14-2)9(13)11-8-5-3-7(10)4-6-8/h1-8,10-11,22H,9H2;3-6H,1-2H3,(H,11,13). The van der Waals surface area contributed by atoms with E-state index in [1.807, 2.05) is 12.1 Å². The second kappa shape index (κ2) is 12.3. The number of carbonyl (C=O) groups excluding carboxylic acids is 1. The van der Waals surface area contributed by atoms with Gasteiger partial charge in [-0.25, -0.2) is 28.3 Å². The molecule has 11 heteroatoms. The average molecular weight is 560 g/mol. The lowest BCUT2D eigenvalue weighted by Gasteiger charge is -2.29. The normalized spacial score (nSPS) is 12.2. The first-order chi connectivity index (χ1) is 17.2. The van der Waals surface area contributed by atoms with E-state index in [1.54, 1.807) is 24.3 Å². The van der Waals surface area contributed by atoms with Crippen molar-refractivity contribution < 1.29 is 23.5 Å². The van der Waals surface area contributed by atoms with Gasteiger partial charge in [-0.3, -0.25) is 4.84 Å². The Bertz CT molecular complexity index is 1260. The fourth-order valence-electron chi connectivity index (χ4n) is 3.22. The lowest BCUT2D eigenvalue weighted by atomic mass is 9.86. The second-order valence-corrected chi connectivity index (χ2v) is 8.47. The molecule has 0 aliphatic rings. The summed E-state index contributed by atoms with van der Waals surface area (Å²) in [4.78, 5) is 19.8. The van der Waals surface area contributed by atoms with Gasteiger partial charge in [0, 0.05) is 22.8 Å². The molecule has 1 aromatic heterocycles. The molecule has 2 amide bonds. The summed E-state index contributed by atoms with van der Waals surface area (Å²) in [5.41, 5.74) is -0.499. The molecule has 1 unspecified atom stereocenters. The quantitative estimate of drug-likeness (QED) is 0.325. The summed E-state index contributed by atoms with van der Waals surface area (Å²) in [6.07, 6.45) is 2.75. The highest BCUT2D eigenvalue weighted by molar-refractivity contribution is 9.10. The Morgan fingerprint density at radius 1 is 1.11 bits per heavy atom. The number of nitrogens with one attached hydrogen (secondary N) is 1. The number of hydroxylamine groups is 2. The lowest BCUT2D eigenvalue weighted by molar-refractivity contribution is -0.0598. The van der Waals surface area contributed by atoms with Crippen molar-refractivity contribution in [1.29, 1.82) is 0 Å². The Morgan fingerprint density at radius 2 is 1.78 bits per heavy atom. The van der Waals surface area contributed by atoms with E-state index in [-0.39, 0.29) is 18.1 Å². The van der Waals surface area contributed by atoms with Crippen LogP contribution in [0.1, 0.15) is 11.1 Å². The molecule has 8 nitrogen and oxygen atoms in total. The second-order valence-electron chi connectivity index (χ2n) is 7.56. The SMILES string of the molecule is CON(C)C(=O)Nc1ccc(Br)cc1.OC(Cn1cncn1)(c1ccc(F)cc1)c1ccccc1F. The number of hydrogen-bond donors (Lipinski definition) is 2.